The maximum Gasteiger partial charge on any atom is 0.326 e. The lowest BCUT2D eigenvalue weighted by molar-refractivity contribution is -0.140. The van der Waals surface area contributed by atoms with E-state index in [2.05, 4.69) is 16.6 Å². The average Bonchev–Trinajstić information content (AvgIpc) is 2.49. The van der Waals surface area contributed by atoms with E-state index < -0.39 is 23.9 Å². The van der Waals surface area contributed by atoms with Crippen LogP contribution in [0.25, 0.3) is 0 Å². The van der Waals surface area contributed by atoms with Crippen LogP contribution in [-0.2, 0) is 9.59 Å². The molecule has 7 heteroatoms. The van der Waals surface area contributed by atoms with Gasteiger partial charge >= 0.3 is 11.9 Å². The molecule has 116 valence electrons. The molecule has 0 aliphatic carbocycles. The summed E-state index contributed by atoms with van der Waals surface area (Å²) in [6, 6.07) is 5.07. The van der Waals surface area contributed by atoms with Crippen molar-refractivity contribution in [2.75, 3.05) is 11.9 Å². The number of anilines is 1. The van der Waals surface area contributed by atoms with Crippen LogP contribution >= 0.6 is 0 Å². The van der Waals surface area contributed by atoms with Gasteiger partial charge in [-0.3, -0.25) is 9.59 Å². The first-order valence-corrected chi connectivity index (χ1v) is 6.47. The Bertz CT molecular complexity index is 589. The summed E-state index contributed by atoms with van der Waals surface area (Å²) in [5.41, 5.74) is 1.00. The maximum absolute atomic E-state index is 12.0. The summed E-state index contributed by atoms with van der Waals surface area (Å²) in [4.78, 5) is 33.4. The van der Waals surface area contributed by atoms with Crippen LogP contribution in [0, 0.1) is 12.3 Å². The molecule has 1 aromatic carbocycles. The standard InChI is InChI=1S/C15H16N2O5/c1-2-9-16-11-5-3-10(4-6-11)14(20)17-12(15(21)22)7-8-13(18)19/h1,3-6,12,16H,7-9H2,(H,17,20)(H,18,19)(H,21,22)/t12-/m1/s1. The van der Waals surface area contributed by atoms with E-state index in [1.54, 1.807) is 12.1 Å². The van der Waals surface area contributed by atoms with Gasteiger partial charge in [-0.1, -0.05) is 5.92 Å². The average molecular weight is 304 g/mol. The molecule has 0 saturated carbocycles. The number of amides is 1. The molecule has 0 saturated heterocycles. The second-order valence-electron chi connectivity index (χ2n) is 4.43. The normalized spacial score (nSPS) is 11.0. The molecule has 0 radical (unpaired) electrons. The number of hydrogen-bond donors (Lipinski definition) is 4. The third-order valence-electron chi connectivity index (χ3n) is 2.79. The molecular weight excluding hydrogens is 288 g/mol. The predicted octanol–water partition coefficient (Wildman–Crippen LogP) is 0.779. The highest BCUT2D eigenvalue weighted by atomic mass is 16.4. The summed E-state index contributed by atoms with van der Waals surface area (Å²) in [5, 5.41) is 22.8. The molecule has 1 rings (SSSR count). The van der Waals surface area contributed by atoms with Gasteiger partial charge in [0.25, 0.3) is 5.91 Å². The molecule has 1 aromatic rings. The summed E-state index contributed by atoms with van der Waals surface area (Å²) in [7, 11) is 0. The summed E-state index contributed by atoms with van der Waals surface area (Å²) in [5.74, 6) is -0.567. The minimum absolute atomic E-state index is 0.182. The fourth-order valence-electron chi connectivity index (χ4n) is 1.66. The van der Waals surface area contributed by atoms with Gasteiger partial charge in [-0.2, -0.15) is 0 Å². The van der Waals surface area contributed by atoms with Gasteiger partial charge < -0.3 is 20.8 Å². The Hall–Kier alpha value is -3.01. The van der Waals surface area contributed by atoms with E-state index in [1.165, 1.54) is 12.1 Å². The van der Waals surface area contributed by atoms with Crippen molar-refractivity contribution in [1.29, 1.82) is 0 Å². The molecule has 0 aromatic heterocycles. The number of hydrogen-bond acceptors (Lipinski definition) is 4. The van der Waals surface area contributed by atoms with Crippen LogP contribution in [0.4, 0.5) is 5.69 Å². The number of carbonyl (C=O) groups excluding carboxylic acids is 1. The second kappa shape index (κ2) is 8.32. The molecule has 0 fully saturated rings. The van der Waals surface area contributed by atoms with Crippen molar-refractivity contribution in [1.82, 2.24) is 5.32 Å². The zero-order chi connectivity index (χ0) is 16.5. The molecule has 1 atom stereocenters. The topological polar surface area (TPSA) is 116 Å². The predicted molar refractivity (Wildman–Crippen MR) is 79.5 cm³/mol. The molecule has 0 aliphatic rings. The number of carboxylic acid groups (broad SMARTS) is 2. The lowest BCUT2D eigenvalue weighted by Crippen LogP contribution is -2.41. The smallest absolute Gasteiger partial charge is 0.326 e. The Balaban J connectivity index is 2.67. The fourth-order valence-corrected chi connectivity index (χ4v) is 1.66. The quantitative estimate of drug-likeness (QED) is 0.527. The van der Waals surface area contributed by atoms with E-state index in [1.807, 2.05) is 0 Å². The summed E-state index contributed by atoms with van der Waals surface area (Å²) < 4.78 is 0. The largest absolute Gasteiger partial charge is 0.481 e. The molecule has 22 heavy (non-hydrogen) atoms. The van der Waals surface area contributed by atoms with Crippen molar-refractivity contribution in [3.05, 3.63) is 29.8 Å². The van der Waals surface area contributed by atoms with Crippen LogP contribution in [0.1, 0.15) is 23.2 Å². The van der Waals surface area contributed by atoms with Crippen LogP contribution in [-0.4, -0.2) is 40.6 Å². The van der Waals surface area contributed by atoms with Gasteiger partial charge in [0, 0.05) is 17.7 Å². The van der Waals surface area contributed by atoms with Crippen LogP contribution in [0.5, 0.6) is 0 Å². The minimum Gasteiger partial charge on any atom is -0.481 e. The maximum atomic E-state index is 12.0. The Kier molecular flexibility index (Phi) is 6.44. The Morgan fingerprint density at radius 3 is 2.32 bits per heavy atom. The highest BCUT2D eigenvalue weighted by Crippen LogP contribution is 2.10. The molecule has 1 amide bonds. The highest BCUT2D eigenvalue weighted by Gasteiger charge is 2.21. The molecular formula is C15H16N2O5. The van der Waals surface area contributed by atoms with Gasteiger partial charge in [0.1, 0.15) is 6.04 Å². The van der Waals surface area contributed by atoms with Crippen LogP contribution in [0.3, 0.4) is 0 Å². The van der Waals surface area contributed by atoms with E-state index in [-0.39, 0.29) is 18.4 Å². The SMILES string of the molecule is C#CCNc1ccc(C(=O)N[C@H](CCC(=O)O)C(=O)O)cc1. The summed E-state index contributed by atoms with van der Waals surface area (Å²) in [6.45, 7) is 0.349. The summed E-state index contributed by atoms with van der Waals surface area (Å²) >= 11 is 0. The molecule has 0 aliphatic heterocycles. The van der Waals surface area contributed by atoms with E-state index in [4.69, 9.17) is 16.6 Å². The minimum atomic E-state index is -1.28. The van der Waals surface area contributed by atoms with Crippen molar-refractivity contribution in [2.24, 2.45) is 0 Å². The lowest BCUT2D eigenvalue weighted by Gasteiger charge is -2.13. The molecule has 0 bridgehead atoms. The number of benzene rings is 1. The Morgan fingerprint density at radius 1 is 1.18 bits per heavy atom. The van der Waals surface area contributed by atoms with Gasteiger partial charge in [-0.05, 0) is 30.7 Å². The van der Waals surface area contributed by atoms with Gasteiger partial charge in [-0.15, -0.1) is 6.42 Å². The first-order valence-electron chi connectivity index (χ1n) is 6.47. The third-order valence-corrected chi connectivity index (χ3v) is 2.79. The monoisotopic (exact) mass is 304 g/mol. The molecule has 4 N–H and O–H groups in total. The number of nitrogens with one attached hydrogen (secondary N) is 2. The fraction of sp³-hybridized carbons (Fsp3) is 0.267. The zero-order valence-electron chi connectivity index (χ0n) is 11.7. The summed E-state index contributed by atoms with van der Waals surface area (Å²) in [6.07, 6.45) is 4.59. The number of aliphatic carboxylic acids is 2. The van der Waals surface area contributed by atoms with Gasteiger partial charge in [-0.25, -0.2) is 4.79 Å². The first kappa shape index (κ1) is 17.0. The second-order valence-corrected chi connectivity index (χ2v) is 4.43. The molecule has 0 unspecified atom stereocenters. The van der Waals surface area contributed by atoms with Gasteiger partial charge in [0.15, 0.2) is 0 Å². The van der Waals surface area contributed by atoms with Crippen LogP contribution in [0.15, 0.2) is 24.3 Å². The van der Waals surface area contributed by atoms with E-state index >= 15 is 0 Å². The highest BCUT2D eigenvalue weighted by molar-refractivity contribution is 5.96. The van der Waals surface area contributed by atoms with Crippen molar-refractivity contribution in [2.45, 2.75) is 18.9 Å². The van der Waals surface area contributed by atoms with Crippen LogP contribution < -0.4 is 10.6 Å². The number of terminal acetylenes is 1. The molecule has 7 nitrogen and oxygen atoms in total. The Morgan fingerprint density at radius 2 is 1.82 bits per heavy atom. The number of rotatable bonds is 8. The van der Waals surface area contributed by atoms with E-state index in [0.717, 1.165) is 5.69 Å². The van der Waals surface area contributed by atoms with Crippen molar-refractivity contribution < 1.29 is 24.6 Å². The van der Waals surface area contributed by atoms with E-state index in [9.17, 15) is 14.4 Å². The van der Waals surface area contributed by atoms with Gasteiger partial charge in [0.05, 0.1) is 6.54 Å². The molecule has 0 spiro atoms. The molecule has 0 heterocycles. The zero-order valence-corrected chi connectivity index (χ0v) is 11.7. The lowest BCUT2D eigenvalue weighted by atomic mass is 10.1. The number of carboxylic acids is 2. The third kappa shape index (κ3) is 5.54. The van der Waals surface area contributed by atoms with Gasteiger partial charge in [0.2, 0.25) is 0 Å². The van der Waals surface area contributed by atoms with Crippen molar-refractivity contribution in [3.63, 3.8) is 0 Å². The van der Waals surface area contributed by atoms with Crippen molar-refractivity contribution >= 4 is 23.5 Å². The Labute approximate surface area is 127 Å². The number of carbonyl (C=O) groups is 3. The van der Waals surface area contributed by atoms with Crippen molar-refractivity contribution in [3.8, 4) is 12.3 Å². The van der Waals surface area contributed by atoms with E-state index in [0.29, 0.717) is 6.54 Å². The van der Waals surface area contributed by atoms with Crippen LogP contribution in [0.2, 0.25) is 0 Å². The first-order chi connectivity index (χ1) is 10.4.